The minimum absolute atomic E-state index is 0.186. The molecule has 7 heteroatoms. The van der Waals surface area contributed by atoms with E-state index in [2.05, 4.69) is 10.5 Å². The fraction of sp³-hybridized carbons (Fsp3) is 0.316. The summed E-state index contributed by atoms with van der Waals surface area (Å²) in [7, 11) is 2.86. The fourth-order valence-corrected chi connectivity index (χ4v) is 3.01. The van der Waals surface area contributed by atoms with Gasteiger partial charge in [0.1, 0.15) is 11.5 Å². The first-order valence-electron chi connectivity index (χ1n) is 8.27. The Morgan fingerprint density at radius 1 is 1.23 bits per heavy atom. The molecule has 1 amide bonds. The van der Waals surface area contributed by atoms with E-state index in [0.29, 0.717) is 34.8 Å². The number of nitrogens with one attached hydrogen (secondary N) is 1. The summed E-state index contributed by atoms with van der Waals surface area (Å²) in [4.78, 5) is 24.2. The Hall–Kier alpha value is -3.09. The van der Waals surface area contributed by atoms with Crippen LogP contribution in [0.4, 0.5) is 0 Å². The van der Waals surface area contributed by atoms with Crippen LogP contribution in [-0.4, -0.2) is 31.8 Å². The minimum atomic E-state index is -0.517. The summed E-state index contributed by atoms with van der Waals surface area (Å²) in [5, 5.41) is 4.28. The van der Waals surface area contributed by atoms with E-state index in [0.717, 1.165) is 18.4 Å². The van der Waals surface area contributed by atoms with Crippen LogP contribution in [0.3, 0.4) is 0 Å². The van der Waals surface area contributed by atoms with Crippen LogP contribution in [0.1, 0.15) is 50.6 Å². The number of hydrogen-bond acceptors (Lipinski definition) is 6. The largest absolute Gasteiger partial charge is 0.497 e. The van der Waals surface area contributed by atoms with E-state index in [-0.39, 0.29) is 11.7 Å². The third-order valence-electron chi connectivity index (χ3n) is 4.32. The Morgan fingerprint density at radius 3 is 2.77 bits per heavy atom. The Kier molecular flexibility index (Phi) is 5.06. The molecule has 0 atom stereocenters. The summed E-state index contributed by atoms with van der Waals surface area (Å²) in [6.07, 6.45) is 2.23. The molecule has 1 aromatic heterocycles. The van der Waals surface area contributed by atoms with Gasteiger partial charge in [0.05, 0.1) is 19.9 Å². The van der Waals surface area contributed by atoms with E-state index in [9.17, 15) is 9.59 Å². The average molecular weight is 356 g/mol. The van der Waals surface area contributed by atoms with E-state index < -0.39 is 5.97 Å². The van der Waals surface area contributed by atoms with Crippen molar-refractivity contribution in [3.8, 4) is 5.75 Å². The molecule has 0 saturated carbocycles. The van der Waals surface area contributed by atoms with Gasteiger partial charge in [-0.1, -0.05) is 6.07 Å². The van der Waals surface area contributed by atoms with Gasteiger partial charge in [0, 0.05) is 23.1 Å². The summed E-state index contributed by atoms with van der Waals surface area (Å²) < 4.78 is 15.5. The van der Waals surface area contributed by atoms with E-state index in [1.807, 2.05) is 0 Å². The maximum absolute atomic E-state index is 12.3. The van der Waals surface area contributed by atoms with Crippen molar-refractivity contribution in [2.75, 3.05) is 14.2 Å². The second-order valence-corrected chi connectivity index (χ2v) is 5.93. The molecule has 0 fully saturated rings. The number of aryl methyl sites for hydroxylation is 1. The molecule has 1 N–H and O–H groups in total. The van der Waals surface area contributed by atoms with Crippen molar-refractivity contribution in [1.29, 1.82) is 0 Å². The number of nitrogens with zero attached hydrogens (tertiary/aromatic N) is 1. The van der Waals surface area contributed by atoms with E-state index in [1.54, 1.807) is 38.3 Å². The van der Waals surface area contributed by atoms with Gasteiger partial charge < -0.3 is 13.9 Å². The number of rotatable bonds is 4. The zero-order valence-corrected chi connectivity index (χ0v) is 14.9. The minimum Gasteiger partial charge on any atom is -0.497 e. The first-order valence-corrected chi connectivity index (χ1v) is 8.27. The van der Waals surface area contributed by atoms with Crippen LogP contribution in [0.15, 0.2) is 33.8 Å². The Bertz CT molecular complexity index is 882. The molecule has 3 rings (SSSR count). The number of benzene rings is 1. The number of ether oxygens (including phenoxy) is 2. The van der Waals surface area contributed by atoms with Gasteiger partial charge in [-0.2, -0.15) is 5.10 Å². The number of amides is 1. The van der Waals surface area contributed by atoms with Crippen LogP contribution in [0, 0.1) is 6.92 Å². The topological polar surface area (TPSA) is 90.1 Å². The number of fused-ring (bicyclic) bond motifs is 1. The van der Waals surface area contributed by atoms with Crippen LogP contribution >= 0.6 is 0 Å². The monoisotopic (exact) mass is 356 g/mol. The lowest BCUT2D eigenvalue weighted by Gasteiger charge is -2.13. The maximum Gasteiger partial charge on any atom is 0.374 e. The normalized spacial score (nSPS) is 14.7. The van der Waals surface area contributed by atoms with Crippen molar-refractivity contribution in [1.82, 2.24) is 5.43 Å². The number of furan rings is 1. The quantitative estimate of drug-likeness (QED) is 0.672. The molecule has 26 heavy (non-hydrogen) atoms. The highest BCUT2D eigenvalue weighted by molar-refractivity contribution is 6.06. The average Bonchev–Trinajstić information content (AvgIpc) is 3.02. The molecule has 7 nitrogen and oxygen atoms in total. The number of carbonyl (C=O) groups excluding carboxylic acids is 2. The third-order valence-corrected chi connectivity index (χ3v) is 4.32. The summed E-state index contributed by atoms with van der Waals surface area (Å²) >= 11 is 0. The van der Waals surface area contributed by atoms with Crippen molar-refractivity contribution in [3.05, 3.63) is 52.5 Å². The van der Waals surface area contributed by atoms with Crippen molar-refractivity contribution in [2.45, 2.75) is 26.2 Å². The smallest absolute Gasteiger partial charge is 0.374 e. The molecule has 0 unspecified atom stereocenters. The second-order valence-electron chi connectivity index (χ2n) is 5.93. The molecule has 0 spiro atoms. The summed E-state index contributed by atoms with van der Waals surface area (Å²) in [5.74, 6) is 0.628. The molecule has 0 bridgehead atoms. The van der Waals surface area contributed by atoms with Crippen LogP contribution in [-0.2, 0) is 11.2 Å². The highest BCUT2D eigenvalue weighted by Gasteiger charge is 2.28. The molecule has 0 saturated heterocycles. The molecular formula is C19H20N2O5. The lowest BCUT2D eigenvalue weighted by atomic mass is 9.93. The van der Waals surface area contributed by atoms with Gasteiger partial charge in [0.2, 0.25) is 5.76 Å². The van der Waals surface area contributed by atoms with Gasteiger partial charge in [-0.05, 0) is 38.0 Å². The zero-order chi connectivity index (χ0) is 18.7. The number of carbonyl (C=O) groups is 2. The van der Waals surface area contributed by atoms with Crippen LogP contribution in [0.25, 0.3) is 0 Å². The number of methoxy groups -OCH3 is 2. The Balaban J connectivity index is 1.86. The highest BCUT2D eigenvalue weighted by Crippen LogP contribution is 2.30. The Morgan fingerprint density at radius 2 is 2.04 bits per heavy atom. The van der Waals surface area contributed by atoms with Gasteiger partial charge >= 0.3 is 5.97 Å². The number of esters is 1. The molecule has 136 valence electrons. The van der Waals surface area contributed by atoms with Crippen LogP contribution in [0.5, 0.6) is 5.75 Å². The van der Waals surface area contributed by atoms with Crippen LogP contribution in [0.2, 0.25) is 0 Å². The molecule has 1 aliphatic carbocycles. The maximum atomic E-state index is 12.3. The predicted octanol–water partition coefficient (Wildman–Crippen LogP) is 2.85. The number of hydrogen-bond donors (Lipinski definition) is 1. The van der Waals surface area contributed by atoms with Gasteiger partial charge in [0.25, 0.3) is 5.91 Å². The molecule has 0 aliphatic heterocycles. The van der Waals surface area contributed by atoms with Gasteiger partial charge in [-0.25, -0.2) is 10.2 Å². The lowest BCUT2D eigenvalue weighted by Crippen LogP contribution is -2.22. The van der Waals surface area contributed by atoms with Crippen molar-refractivity contribution < 1.29 is 23.5 Å². The Labute approximate surface area is 151 Å². The second kappa shape index (κ2) is 7.43. The summed E-state index contributed by atoms with van der Waals surface area (Å²) in [5.41, 5.74) is 5.18. The SMILES string of the molecule is COC(=O)c1oc2c(c1C)/C(=N/NC(=O)c1cccc(OC)c1)CCC2. The standard InChI is InChI=1S/C19H20N2O5/c1-11-16-14(8-5-9-15(16)26-17(11)19(23)25-3)20-21-18(22)12-6-4-7-13(10-12)24-2/h4,6-7,10H,5,8-9H2,1-3H3,(H,21,22)/b20-14+. The highest BCUT2D eigenvalue weighted by atomic mass is 16.5. The molecular weight excluding hydrogens is 336 g/mol. The van der Waals surface area contributed by atoms with E-state index in [1.165, 1.54) is 7.11 Å². The zero-order valence-electron chi connectivity index (χ0n) is 14.9. The summed E-state index contributed by atoms with van der Waals surface area (Å²) in [6.45, 7) is 1.79. The molecule has 1 aliphatic rings. The summed E-state index contributed by atoms with van der Waals surface area (Å²) in [6, 6.07) is 6.82. The first kappa shape index (κ1) is 17.7. The van der Waals surface area contributed by atoms with Crippen LogP contribution < -0.4 is 10.2 Å². The lowest BCUT2D eigenvalue weighted by molar-refractivity contribution is 0.0561. The van der Waals surface area contributed by atoms with Crippen molar-refractivity contribution in [2.24, 2.45) is 5.10 Å². The predicted molar refractivity (Wildman–Crippen MR) is 94.7 cm³/mol. The molecule has 0 radical (unpaired) electrons. The van der Waals surface area contributed by atoms with E-state index >= 15 is 0 Å². The molecule has 1 heterocycles. The molecule has 2 aromatic rings. The van der Waals surface area contributed by atoms with Crippen molar-refractivity contribution >= 4 is 17.6 Å². The number of hydrazone groups is 1. The van der Waals surface area contributed by atoms with Gasteiger partial charge in [-0.15, -0.1) is 0 Å². The van der Waals surface area contributed by atoms with Crippen molar-refractivity contribution in [3.63, 3.8) is 0 Å². The van der Waals surface area contributed by atoms with Gasteiger partial charge in [0.15, 0.2) is 0 Å². The van der Waals surface area contributed by atoms with Gasteiger partial charge in [-0.3, -0.25) is 4.79 Å². The third kappa shape index (κ3) is 3.33. The fourth-order valence-electron chi connectivity index (χ4n) is 3.01. The first-order chi connectivity index (χ1) is 12.5. The molecule has 1 aromatic carbocycles. The van der Waals surface area contributed by atoms with E-state index in [4.69, 9.17) is 13.9 Å².